The van der Waals surface area contributed by atoms with Crippen molar-refractivity contribution in [2.75, 3.05) is 20.3 Å². The predicted molar refractivity (Wildman–Crippen MR) is 55.8 cm³/mol. The summed E-state index contributed by atoms with van der Waals surface area (Å²) in [5.41, 5.74) is 0. The van der Waals surface area contributed by atoms with E-state index < -0.39 is 0 Å². The molecule has 2 nitrogen and oxygen atoms in total. The summed E-state index contributed by atoms with van der Waals surface area (Å²) in [7, 11) is 1.77. The van der Waals surface area contributed by atoms with Gasteiger partial charge in [-0.15, -0.1) is 0 Å². The van der Waals surface area contributed by atoms with Gasteiger partial charge < -0.3 is 10.1 Å². The molecule has 3 unspecified atom stereocenters. The molecule has 0 radical (unpaired) electrons. The Morgan fingerprint density at radius 3 is 2.77 bits per heavy atom. The first-order chi connectivity index (χ1) is 6.22. The molecule has 1 aliphatic carbocycles. The van der Waals surface area contributed by atoms with Crippen LogP contribution in [0.5, 0.6) is 0 Å². The minimum atomic E-state index is 0.640. The third-order valence-corrected chi connectivity index (χ3v) is 2.90. The van der Waals surface area contributed by atoms with E-state index in [0.29, 0.717) is 5.92 Å². The first-order valence-corrected chi connectivity index (χ1v) is 5.44. The predicted octanol–water partition coefficient (Wildman–Crippen LogP) is 2.05. The summed E-state index contributed by atoms with van der Waals surface area (Å²) in [5, 5.41) is 3.62. The molecule has 1 fully saturated rings. The molecule has 0 aromatic carbocycles. The van der Waals surface area contributed by atoms with Crippen molar-refractivity contribution in [1.82, 2.24) is 5.32 Å². The Labute approximate surface area is 82.0 Å². The Kier molecular flexibility index (Phi) is 4.74. The minimum Gasteiger partial charge on any atom is -0.384 e. The lowest BCUT2D eigenvalue weighted by molar-refractivity contribution is 0.157. The van der Waals surface area contributed by atoms with Crippen molar-refractivity contribution < 1.29 is 4.74 Å². The van der Waals surface area contributed by atoms with Gasteiger partial charge in [0.05, 0.1) is 0 Å². The molecule has 0 aromatic heterocycles. The van der Waals surface area contributed by atoms with E-state index in [9.17, 15) is 0 Å². The number of methoxy groups -OCH3 is 1. The van der Waals surface area contributed by atoms with E-state index in [0.717, 1.165) is 25.1 Å². The van der Waals surface area contributed by atoms with Crippen LogP contribution in [0.25, 0.3) is 0 Å². The fraction of sp³-hybridized carbons (Fsp3) is 1.00. The van der Waals surface area contributed by atoms with Gasteiger partial charge in [0.15, 0.2) is 0 Å². The molecule has 78 valence electrons. The van der Waals surface area contributed by atoms with Gasteiger partial charge in [0.1, 0.15) is 0 Å². The Balaban J connectivity index is 2.05. The molecule has 1 saturated carbocycles. The second kappa shape index (κ2) is 5.61. The summed E-state index contributed by atoms with van der Waals surface area (Å²) in [5.74, 6) is 1.57. The number of hydrogen-bond acceptors (Lipinski definition) is 2. The van der Waals surface area contributed by atoms with Crippen LogP contribution in [0, 0.1) is 11.8 Å². The maximum Gasteiger partial charge on any atom is 0.0499 e. The highest BCUT2D eigenvalue weighted by atomic mass is 16.5. The van der Waals surface area contributed by atoms with E-state index in [1.807, 2.05) is 0 Å². The largest absolute Gasteiger partial charge is 0.384 e. The fourth-order valence-corrected chi connectivity index (χ4v) is 2.10. The minimum absolute atomic E-state index is 0.640. The third-order valence-electron chi connectivity index (χ3n) is 2.90. The van der Waals surface area contributed by atoms with Crippen LogP contribution in [0.4, 0.5) is 0 Å². The summed E-state index contributed by atoms with van der Waals surface area (Å²) in [4.78, 5) is 0. The standard InChI is InChI=1S/C11H23NO/c1-9-4-5-11(6-9)12-7-10(2)8-13-3/h9-12H,4-8H2,1-3H3. The summed E-state index contributed by atoms with van der Waals surface area (Å²) in [6.45, 7) is 6.55. The molecule has 0 spiro atoms. The molecule has 1 N–H and O–H groups in total. The normalized spacial score (nSPS) is 30.7. The van der Waals surface area contributed by atoms with Gasteiger partial charge in [-0.3, -0.25) is 0 Å². The molecule has 0 saturated heterocycles. The number of hydrogen-bond donors (Lipinski definition) is 1. The molecular weight excluding hydrogens is 162 g/mol. The van der Waals surface area contributed by atoms with Crippen molar-refractivity contribution in [1.29, 1.82) is 0 Å². The summed E-state index contributed by atoms with van der Waals surface area (Å²) >= 11 is 0. The van der Waals surface area contributed by atoms with Crippen molar-refractivity contribution in [3.63, 3.8) is 0 Å². The second-order valence-corrected chi connectivity index (χ2v) is 4.58. The molecule has 0 aliphatic heterocycles. The zero-order valence-corrected chi connectivity index (χ0v) is 9.18. The van der Waals surface area contributed by atoms with E-state index in [1.165, 1.54) is 19.3 Å². The Bertz CT molecular complexity index is 138. The Morgan fingerprint density at radius 1 is 1.46 bits per heavy atom. The van der Waals surface area contributed by atoms with Crippen LogP contribution in [0.15, 0.2) is 0 Å². The zero-order valence-electron chi connectivity index (χ0n) is 9.18. The number of nitrogens with one attached hydrogen (secondary N) is 1. The van der Waals surface area contributed by atoms with Crippen LogP contribution in [0.1, 0.15) is 33.1 Å². The zero-order chi connectivity index (χ0) is 9.68. The lowest BCUT2D eigenvalue weighted by Gasteiger charge is -2.16. The second-order valence-electron chi connectivity index (χ2n) is 4.58. The van der Waals surface area contributed by atoms with Gasteiger partial charge in [-0.2, -0.15) is 0 Å². The molecule has 0 aromatic rings. The summed E-state index contributed by atoms with van der Waals surface area (Å²) in [6.07, 6.45) is 4.12. The molecule has 0 amide bonds. The van der Waals surface area contributed by atoms with Gasteiger partial charge in [0.25, 0.3) is 0 Å². The highest BCUT2D eigenvalue weighted by molar-refractivity contribution is 4.78. The van der Waals surface area contributed by atoms with Crippen molar-refractivity contribution in [3.05, 3.63) is 0 Å². The molecule has 0 bridgehead atoms. The molecule has 13 heavy (non-hydrogen) atoms. The van der Waals surface area contributed by atoms with Gasteiger partial charge in [-0.25, -0.2) is 0 Å². The molecule has 2 heteroatoms. The number of ether oxygens (including phenoxy) is 1. The topological polar surface area (TPSA) is 21.3 Å². The average Bonchev–Trinajstić information content (AvgIpc) is 2.49. The lowest BCUT2D eigenvalue weighted by atomic mass is 10.1. The van der Waals surface area contributed by atoms with Crippen molar-refractivity contribution in [2.45, 2.75) is 39.2 Å². The molecule has 3 atom stereocenters. The SMILES string of the molecule is COCC(C)CNC1CCC(C)C1. The van der Waals surface area contributed by atoms with Crippen LogP contribution in [-0.4, -0.2) is 26.3 Å². The first kappa shape index (κ1) is 11.0. The summed E-state index contributed by atoms with van der Waals surface area (Å²) < 4.78 is 5.10. The van der Waals surface area contributed by atoms with E-state index in [2.05, 4.69) is 19.2 Å². The highest BCUT2D eigenvalue weighted by Crippen LogP contribution is 2.24. The third kappa shape index (κ3) is 4.10. The average molecular weight is 185 g/mol. The van der Waals surface area contributed by atoms with E-state index in [-0.39, 0.29) is 0 Å². The Hall–Kier alpha value is -0.0800. The van der Waals surface area contributed by atoms with Crippen molar-refractivity contribution >= 4 is 0 Å². The molecule has 0 heterocycles. The van der Waals surface area contributed by atoms with Gasteiger partial charge >= 0.3 is 0 Å². The molecular formula is C11H23NO. The van der Waals surface area contributed by atoms with Crippen LogP contribution < -0.4 is 5.32 Å². The Morgan fingerprint density at radius 2 is 2.23 bits per heavy atom. The van der Waals surface area contributed by atoms with Crippen LogP contribution >= 0.6 is 0 Å². The maximum absolute atomic E-state index is 5.10. The monoisotopic (exact) mass is 185 g/mol. The lowest BCUT2D eigenvalue weighted by Crippen LogP contribution is -2.32. The highest BCUT2D eigenvalue weighted by Gasteiger charge is 2.20. The van der Waals surface area contributed by atoms with E-state index in [4.69, 9.17) is 4.74 Å². The fourth-order valence-electron chi connectivity index (χ4n) is 2.10. The van der Waals surface area contributed by atoms with E-state index in [1.54, 1.807) is 7.11 Å². The van der Waals surface area contributed by atoms with Gasteiger partial charge in [0.2, 0.25) is 0 Å². The van der Waals surface area contributed by atoms with Crippen molar-refractivity contribution in [2.24, 2.45) is 11.8 Å². The number of rotatable bonds is 5. The van der Waals surface area contributed by atoms with Crippen LogP contribution in [0.2, 0.25) is 0 Å². The first-order valence-electron chi connectivity index (χ1n) is 5.44. The van der Waals surface area contributed by atoms with E-state index >= 15 is 0 Å². The molecule has 1 rings (SSSR count). The summed E-state index contributed by atoms with van der Waals surface area (Å²) in [6, 6.07) is 0.773. The smallest absolute Gasteiger partial charge is 0.0499 e. The maximum atomic E-state index is 5.10. The van der Waals surface area contributed by atoms with Crippen LogP contribution in [0.3, 0.4) is 0 Å². The molecule has 1 aliphatic rings. The van der Waals surface area contributed by atoms with Crippen molar-refractivity contribution in [3.8, 4) is 0 Å². The quantitative estimate of drug-likeness (QED) is 0.708. The van der Waals surface area contributed by atoms with Crippen LogP contribution in [-0.2, 0) is 4.74 Å². The van der Waals surface area contributed by atoms with Gasteiger partial charge in [-0.05, 0) is 31.1 Å². The van der Waals surface area contributed by atoms with Gasteiger partial charge in [-0.1, -0.05) is 13.8 Å². The van der Waals surface area contributed by atoms with Gasteiger partial charge in [0, 0.05) is 26.3 Å².